The first-order valence-corrected chi connectivity index (χ1v) is 46.1. The molecule has 0 radical (unpaired) electrons. The van der Waals surface area contributed by atoms with Crippen LogP contribution in [-0.2, 0) is 65.4 Å². The minimum absolute atomic E-state index is 0.108. The van der Waals surface area contributed by atoms with Crippen LogP contribution in [-0.4, -0.2) is 96.7 Å². The predicted octanol–water partition coefficient (Wildman–Crippen LogP) is 25.2. The molecule has 0 amide bonds. The van der Waals surface area contributed by atoms with Gasteiger partial charge >= 0.3 is 39.5 Å². The number of hydrogen-bond acceptors (Lipinski definition) is 15. The summed E-state index contributed by atoms with van der Waals surface area (Å²) < 4.78 is 68.8. The number of unbranched alkanes of at least 4 members (excludes halogenated alkanes) is 55. The molecular formula is C83H162O17P2. The largest absolute Gasteiger partial charge is 0.472 e. The highest BCUT2D eigenvalue weighted by Crippen LogP contribution is 2.45. The zero-order valence-electron chi connectivity index (χ0n) is 66.8. The topological polar surface area (TPSA) is 237 Å². The van der Waals surface area contributed by atoms with Gasteiger partial charge in [-0.2, -0.15) is 0 Å². The number of phosphoric ester groups is 2. The molecule has 0 saturated carbocycles. The number of aliphatic hydroxyl groups is 1. The molecule has 606 valence electrons. The van der Waals surface area contributed by atoms with E-state index in [-0.39, 0.29) is 25.7 Å². The zero-order chi connectivity index (χ0) is 74.8. The molecule has 3 N–H and O–H groups in total. The number of phosphoric acid groups is 2. The van der Waals surface area contributed by atoms with Crippen LogP contribution in [0.5, 0.6) is 0 Å². The lowest BCUT2D eigenvalue weighted by Gasteiger charge is -2.21. The van der Waals surface area contributed by atoms with Gasteiger partial charge in [-0.25, -0.2) is 9.13 Å². The summed E-state index contributed by atoms with van der Waals surface area (Å²) in [5.41, 5.74) is 0. The fraction of sp³-hybridized carbons (Fsp3) is 0.952. The maximum Gasteiger partial charge on any atom is 0.472 e. The Hall–Kier alpha value is -1.94. The lowest BCUT2D eigenvalue weighted by molar-refractivity contribution is -0.161. The van der Waals surface area contributed by atoms with Crippen LogP contribution in [0.15, 0.2) is 0 Å². The van der Waals surface area contributed by atoms with Crippen molar-refractivity contribution in [3.8, 4) is 0 Å². The van der Waals surface area contributed by atoms with Gasteiger partial charge in [-0.3, -0.25) is 37.3 Å². The number of aliphatic hydroxyl groups excluding tert-OH is 1. The Labute approximate surface area is 626 Å². The van der Waals surface area contributed by atoms with E-state index in [0.717, 1.165) is 95.8 Å². The molecule has 2 unspecified atom stereocenters. The minimum atomic E-state index is -4.96. The van der Waals surface area contributed by atoms with Gasteiger partial charge in [0.05, 0.1) is 26.4 Å². The summed E-state index contributed by atoms with van der Waals surface area (Å²) in [6.07, 6.45) is 68.0. The highest BCUT2D eigenvalue weighted by Gasteiger charge is 2.30. The third kappa shape index (κ3) is 76.3. The molecule has 0 aromatic heterocycles. The summed E-state index contributed by atoms with van der Waals surface area (Å²) in [5, 5.41) is 10.6. The van der Waals surface area contributed by atoms with Crippen LogP contribution in [0.25, 0.3) is 0 Å². The van der Waals surface area contributed by atoms with E-state index in [0.29, 0.717) is 25.7 Å². The van der Waals surface area contributed by atoms with E-state index in [1.54, 1.807) is 0 Å². The van der Waals surface area contributed by atoms with Crippen LogP contribution in [0.4, 0.5) is 0 Å². The number of carbonyl (C=O) groups excluding carboxylic acids is 4. The van der Waals surface area contributed by atoms with Gasteiger partial charge in [0.1, 0.15) is 19.3 Å². The van der Waals surface area contributed by atoms with Crippen molar-refractivity contribution in [1.82, 2.24) is 0 Å². The van der Waals surface area contributed by atoms with E-state index in [1.165, 1.54) is 270 Å². The van der Waals surface area contributed by atoms with Gasteiger partial charge < -0.3 is 33.8 Å². The third-order valence-electron chi connectivity index (χ3n) is 19.5. The number of rotatable bonds is 83. The van der Waals surface area contributed by atoms with Crippen LogP contribution in [0.3, 0.4) is 0 Å². The Morgan fingerprint density at radius 1 is 0.265 bits per heavy atom. The number of esters is 4. The molecule has 5 atom stereocenters. The van der Waals surface area contributed by atoms with Crippen LogP contribution in [0.2, 0.25) is 0 Å². The normalized spacial score (nSPS) is 13.8. The maximum atomic E-state index is 13.1. The highest BCUT2D eigenvalue weighted by atomic mass is 31.2. The fourth-order valence-electron chi connectivity index (χ4n) is 12.9. The quantitative estimate of drug-likeness (QED) is 0.0222. The standard InChI is InChI=1S/C83H162O17P2/c1-6-9-12-15-18-21-24-26-28-29-30-31-32-33-34-35-39-44-49-54-59-64-69-83(88)100-79(73-94-81(86)67-62-57-52-47-42-40-36-37-41-45-50-55-60-65-76(4)5)75-98-102(91,92)96-71-77(84)70-95-101(89,90)97-74-78(72-93-80(85)66-61-56-51-46-23-20-17-14-11-8-3)99-82(87)68-63-58-53-48-43-38-27-25-22-19-16-13-10-7-2/h76-79,84H,6-75H2,1-5H3,(H,89,90)(H,91,92)/t77-,78+,79+/m0/s1. The van der Waals surface area contributed by atoms with Crippen LogP contribution < -0.4 is 0 Å². The van der Waals surface area contributed by atoms with E-state index in [2.05, 4.69) is 34.6 Å². The Morgan fingerprint density at radius 3 is 0.667 bits per heavy atom. The molecule has 0 aliphatic heterocycles. The van der Waals surface area contributed by atoms with Crippen LogP contribution >= 0.6 is 15.6 Å². The maximum absolute atomic E-state index is 13.1. The van der Waals surface area contributed by atoms with Crippen molar-refractivity contribution < 1.29 is 80.2 Å². The summed E-state index contributed by atoms with van der Waals surface area (Å²) >= 11 is 0. The molecule has 102 heavy (non-hydrogen) atoms. The van der Waals surface area contributed by atoms with E-state index in [4.69, 9.17) is 37.0 Å². The molecule has 19 heteroatoms. The minimum Gasteiger partial charge on any atom is -0.462 e. The average Bonchev–Trinajstić information content (AvgIpc) is 0.916. The molecule has 0 aromatic carbocycles. The van der Waals surface area contributed by atoms with E-state index >= 15 is 0 Å². The predicted molar refractivity (Wildman–Crippen MR) is 418 cm³/mol. The van der Waals surface area contributed by atoms with Crippen molar-refractivity contribution in [2.24, 2.45) is 5.92 Å². The summed E-state index contributed by atoms with van der Waals surface area (Å²) in [6, 6.07) is 0. The van der Waals surface area contributed by atoms with Gasteiger partial charge in [0.25, 0.3) is 0 Å². The van der Waals surface area contributed by atoms with Gasteiger partial charge in [0.2, 0.25) is 0 Å². The first kappa shape index (κ1) is 100. The Bertz CT molecular complexity index is 1940. The van der Waals surface area contributed by atoms with Gasteiger partial charge in [-0.05, 0) is 31.6 Å². The van der Waals surface area contributed by atoms with Gasteiger partial charge in [-0.1, -0.05) is 394 Å². The lowest BCUT2D eigenvalue weighted by Crippen LogP contribution is -2.30. The SMILES string of the molecule is CCCCCCCCCCCCCCCCCCCCCCCCC(=O)O[C@H](COC(=O)CCCCCCCCCCCCCCCC(C)C)COP(=O)(O)OC[C@@H](O)COP(=O)(O)OC[C@@H](COC(=O)CCCCCCCCCCCC)OC(=O)CCCCCCCCCCCCCCCC. The third-order valence-corrected chi connectivity index (χ3v) is 21.4. The lowest BCUT2D eigenvalue weighted by atomic mass is 10.0. The Kier molecular flexibility index (Phi) is 74.4. The van der Waals surface area contributed by atoms with Crippen molar-refractivity contribution in [3.63, 3.8) is 0 Å². The highest BCUT2D eigenvalue weighted by molar-refractivity contribution is 7.47. The Morgan fingerprint density at radius 2 is 0.451 bits per heavy atom. The van der Waals surface area contributed by atoms with Crippen molar-refractivity contribution in [3.05, 3.63) is 0 Å². The summed E-state index contributed by atoms with van der Waals surface area (Å²) in [4.78, 5) is 73.1. The van der Waals surface area contributed by atoms with E-state index in [9.17, 15) is 43.2 Å². The van der Waals surface area contributed by atoms with Crippen molar-refractivity contribution >= 4 is 39.5 Å². The first-order valence-electron chi connectivity index (χ1n) is 43.1. The molecule has 17 nitrogen and oxygen atoms in total. The molecule has 0 rings (SSSR count). The average molecular weight is 1490 g/mol. The first-order chi connectivity index (χ1) is 49.5. The molecule has 0 fully saturated rings. The smallest absolute Gasteiger partial charge is 0.462 e. The second kappa shape index (κ2) is 75.9. The number of carbonyl (C=O) groups is 4. The van der Waals surface area contributed by atoms with Crippen LogP contribution in [0.1, 0.15) is 446 Å². The molecule has 0 aromatic rings. The van der Waals surface area contributed by atoms with Gasteiger partial charge in [0, 0.05) is 25.7 Å². The molecule has 0 aliphatic rings. The van der Waals surface area contributed by atoms with Crippen molar-refractivity contribution in [1.29, 1.82) is 0 Å². The van der Waals surface area contributed by atoms with Crippen LogP contribution in [0, 0.1) is 5.92 Å². The zero-order valence-corrected chi connectivity index (χ0v) is 68.5. The Balaban J connectivity index is 5.21. The summed E-state index contributed by atoms with van der Waals surface area (Å²) in [7, 11) is -9.92. The second-order valence-corrected chi connectivity index (χ2v) is 33.3. The molecule has 0 saturated heterocycles. The monoisotopic (exact) mass is 1490 g/mol. The number of ether oxygens (including phenoxy) is 4. The molecule has 0 aliphatic carbocycles. The van der Waals surface area contributed by atoms with E-state index < -0.39 is 97.5 Å². The summed E-state index contributed by atoms with van der Waals surface area (Å²) in [5.74, 6) is -1.31. The van der Waals surface area contributed by atoms with Gasteiger partial charge in [-0.15, -0.1) is 0 Å². The van der Waals surface area contributed by atoms with E-state index in [1.807, 2.05) is 0 Å². The molecule has 0 heterocycles. The fourth-order valence-corrected chi connectivity index (χ4v) is 14.5. The van der Waals surface area contributed by atoms with Crippen molar-refractivity contribution in [2.45, 2.75) is 464 Å². The second-order valence-electron chi connectivity index (χ2n) is 30.3. The summed E-state index contributed by atoms with van der Waals surface area (Å²) in [6.45, 7) is 7.35. The number of hydrogen-bond donors (Lipinski definition) is 3. The molecule has 0 bridgehead atoms. The molecular weight excluding hydrogens is 1330 g/mol. The van der Waals surface area contributed by atoms with Gasteiger partial charge in [0.15, 0.2) is 12.2 Å². The van der Waals surface area contributed by atoms with Crippen molar-refractivity contribution in [2.75, 3.05) is 39.6 Å². The molecule has 0 spiro atoms.